The van der Waals surface area contributed by atoms with E-state index in [-0.39, 0.29) is 11.9 Å². The number of pyridine rings is 1. The molecular weight excluding hydrogens is 290 g/mol. The van der Waals surface area contributed by atoms with Gasteiger partial charge in [0.15, 0.2) is 0 Å². The summed E-state index contributed by atoms with van der Waals surface area (Å²) in [5.41, 5.74) is 2.19. The normalized spacial score (nSPS) is 12.1. The first kappa shape index (κ1) is 15.1. The van der Waals surface area contributed by atoms with Gasteiger partial charge in [0.2, 0.25) is 0 Å². The molecule has 3 aromatic rings. The molecule has 0 radical (unpaired) electrons. The molecule has 3 rings (SSSR count). The lowest BCUT2D eigenvalue weighted by molar-refractivity contribution is 0.0935. The highest BCUT2D eigenvalue weighted by Crippen LogP contribution is 2.18. The number of nitrogens with one attached hydrogen (secondary N) is 1. The summed E-state index contributed by atoms with van der Waals surface area (Å²) in [5.74, 6) is 0.644. The van der Waals surface area contributed by atoms with Crippen LogP contribution in [-0.4, -0.2) is 21.9 Å². The van der Waals surface area contributed by atoms with E-state index < -0.39 is 0 Å². The van der Waals surface area contributed by atoms with E-state index in [0.29, 0.717) is 12.3 Å². The first-order chi connectivity index (χ1) is 11.2. The lowest BCUT2D eigenvalue weighted by Gasteiger charge is -2.14. The van der Waals surface area contributed by atoms with Crippen LogP contribution in [0.3, 0.4) is 0 Å². The number of hydrogen-bond donors (Lipinski definition) is 1. The Morgan fingerprint density at radius 3 is 2.74 bits per heavy atom. The summed E-state index contributed by atoms with van der Waals surface area (Å²) in [5, 5.41) is 2.97. The van der Waals surface area contributed by atoms with Crippen molar-refractivity contribution in [3.63, 3.8) is 0 Å². The van der Waals surface area contributed by atoms with Gasteiger partial charge in [-0.1, -0.05) is 18.2 Å². The zero-order valence-electron chi connectivity index (χ0n) is 13.2. The molecule has 1 amide bonds. The van der Waals surface area contributed by atoms with E-state index in [4.69, 9.17) is 4.74 Å². The molecule has 0 saturated carbocycles. The number of ether oxygens (including phenoxy) is 1. The van der Waals surface area contributed by atoms with E-state index in [2.05, 4.69) is 10.3 Å². The fourth-order valence-electron chi connectivity index (χ4n) is 2.42. The molecule has 23 heavy (non-hydrogen) atoms. The van der Waals surface area contributed by atoms with Gasteiger partial charge in [0.25, 0.3) is 5.91 Å². The lowest BCUT2D eigenvalue weighted by atomic mass is 10.1. The van der Waals surface area contributed by atoms with Crippen molar-refractivity contribution < 1.29 is 9.53 Å². The van der Waals surface area contributed by atoms with Crippen molar-refractivity contribution in [2.75, 3.05) is 6.61 Å². The third-order valence-corrected chi connectivity index (χ3v) is 3.64. The molecule has 0 unspecified atom stereocenters. The molecule has 0 aliphatic rings. The minimum absolute atomic E-state index is 0.108. The zero-order valence-corrected chi connectivity index (χ0v) is 13.2. The summed E-state index contributed by atoms with van der Waals surface area (Å²) >= 11 is 0. The molecule has 5 nitrogen and oxygen atoms in total. The lowest BCUT2D eigenvalue weighted by Crippen LogP contribution is -2.26. The Morgan fingerprint density at radius 1 is 1.26 bits per heavy atom. The van der Waals surface area contributed by atoms with Gasteiger partial charge in [0.05, 0.1) is 12.6 Å². The van der Waals surface area contributed by atoms with Crippen molar-refractivity contribution in [2.45, 2.75) is 19.9 Å². The van der Waals surface area contributed by atoms with Gasteiger partial charge in [0.1, 0.15) is 17.1 Å². The van der Waals surface area contributed by atoms with E-state index in [0.717, 1.165) is 17.0 Å². The second-order valence-electron chi connectivity index (χ2n) is 5.29. The molecule has 0 aliphatic heterocycles. The number of carbonyl (C=O) groups excluding carboxylic acids is 1. The maximum Gasteiger partial charge on any atom is 0.271 e. The number of hydrogen-bond acceptors (Lipinski definition) is 3. The molecule has 1 aromatic carbocycles. The summed E-state index contributed by atoms with van der Waals surface area (Å²) in [6.07, 6.45) is 3.60. The Balaban J connectivity index is 1.71. The van der Waals surface area contributed by atoms with Gasteiger partial charge in [-0.2, -0.15) is 0 Å². The van der Waals surface area contributed by atoms with E-state index in [9.17, 15) is 4.79 Å². The van der Waals surface area contributed by atoms with Crippen molar-refractivity contribution in [2.24, 2.45) is 0 Å². The second kappa shape index (κ2) is 6.52. The fourth-order valence-corrected chi connectivity index (χ4v) is 2.42. The molecule has 2 aromatic heterocycles. The largest absolute Gasteiger partial charge is 0.494 e. The molecule has 0 aliphatic carbocycles. The average molecular weight is 309 g/mol. The van der Waals surface area contributed by atoms with Crippen LogP contribution >= 0.6 is 0 Å². The molecule has 1 atom stereocenters. The van der Waals surface area contributed by atoms with Gasteiger partial charge >= 0.3 is 0 Å². The van der Waals surface area contributed by atoms with Crippen LogP contribution in [0.15, 0.2) is 54.9 Å². The Morgan fingerprint density at radius 2 is 2.04 bits per heavy atom. The molecule has 1 N–H and O–H groups in total. The van der Waals surface area contributed by atoms with Gasteiger partial charge in [-0.25, -0.2) is 4.98 Å². The Hall–Kier alpha value is -2.82. The van der Waals surface area contributed by atoms with Gasteiger partial charge in [-0.05, 0) is 43.7 Å². The first-order valence-electron chi connectivity index (χ1n) is 7.64. The van der Waals surface area contributed by atoms with E-state index in [1.807, 2.05) is 66.9 Å². The van der Waals surface area contributed by atoms with Crippen LogP contribution in [0.2, 0.25) is 0 Å². The van der Waals surface area contributed by atoms with E-state index >= 15 is 0 Å². The molecule has 0 saturated heterocycles. The van der Waals surface area contributed by atoms with Crippen molar-refractivity contribution in [1.82, 2.24) is 14.7 Å². The number of benzene rings is 1. The highest BCUT2D eigenvalue weighted by molar-refractivity contribution is 5.93. The van der Waals surface area contributed by atoms with Crippen molar-refractivity contribution in [3.05, 3.63) is 66.1 Å². The monoisotopic (exact) mass is 309 g/mol. The number of amides is 1. The number of carbonyl (C=O) groups is 1. The third kappa shape index (κ3) is 3.34. The van der Waals surface area contributed by atoms with Gasteiger partial charge < -0.3 is 14.5 Å². The molecule has 118 valence electrons. The highest BCUT2D eigenvalue weighted by atomic mass is 16.5. The number of imidazole rings is 1. The highest BCUT2D eigenvalue weighted by Gasteiger charge is 2.14. The summed E-state index contributed by atoms with van der Waals surface area (Å²) in [7, 11) is 0. The minimum Gasteiger partial charge on any atom is -0.494 e. The summed E-state index contributed by atoms with van der Waals surface area (Å²) < 4.78 is 7.25. The van der Waals surface area contributed by atoms with E-state index in [1.54, 1.807) is 6.20 Å². The molecule has 2 heterocycles. The Bertz CT molecular complexity index is 776. The SMILES string of the molecule is CCOc1ccc([C@@H](C)NC(=O)c2cn3ccccc3n2)cc1. The van der Waals surface area contributed by atoms with Crippen LogP contribution < -0.4 is 10.1 Å². The van der Waals surface area contributed by atoms with Crippen LogP contribution in [0, 0.1) is 0 Å². The Kier molecular flexibility index (Phi) is 4.28. The summed E-state index contributed by atoms with van der Waals surface area (Å²) in [6.45, 7) is 4.54. The second-order valence-corrected chi connectivity index (χ2v) is 5.29. The maximum absolute atomic E-state index is 12.4. The topological polar surface area (TPSA) is 55.6 Å². The van der Waals surface area contributed by atoms with Gasteiger partial charge in [-0.15, -0.1) is 0 Å². The first-order valence-corrected chi connectivity index (χ1v) is 7.64. The standard InChI is InChI=1S/C18H19N3O2/c1-3-23-15-9-7-14(8-10-15)13(2)19-18(22)16-12-21-11-5-4-6-17(21)20-16/h4-13H,3H2,1-2H3,(H,19,22)/t13-/m1/s1. The third-order valence-electron chi connectivity index (χ3n) is 3.64. The van der Waals surface area contributed by atoms with Crippen LogP contribution in [0.5, 0.6) is 5.75 Å². The quantitative estimate of drug-likeness (QED) is 0.787. The van der Waals surface area contributed by atoms with E-state index in [1.165, 1.54) is 0 Å². The number of nitrogens with zero attached hydrogens (tertiary/aromatic N) is 2. The average Bonchev–Trinajstić information content (AvgIpc) is 3.00. The summed E-state index contributed by atoms with van der Waals surface area (Å²) in [4.78, 5) is 16.7. The van der Waals surface area contributed by atoms with Crippen molar-refractivity contribution in [1.29, 1.82) is 0 Å². The molecule has 0 bridgehead atoms. The zero-order chi connectivity index (χ0) is 16.2. The fraction of sp³-hybridized carbons (Fsp3) is 0.222. The van der Waals surface area contributed by atoms with Gasteiger partial charge in [-0.3, -0.25) is 4.79 Å². The molecule has 0 fully saturated rings. The smallest absolute Gasteiger partial charge is 0.271 e. The molecule has 0 spiro atoms. The molecule has 5 heteroatoms. The van der Waals surface area contributed by atoms with Crippen molar-refractivity contribution in [3.8, 4) is 5.75 Å². The predicted octanol–water partition coefficient (Wildman–Crippen LogP) is 3.22. The maximum atomic E-state index is 12.4. The van der Waals surface area contributed by atoms with Gasteiger partial charge in [0, 0.05) is 12.4 Å². The Labute approximate surface area is 134 Å². The van der Waals surface area contributed by atoms with Crippen LogP contribution in [0.4, 0.5) is 0 Å². The minimum atomic E-state index is -0.185. The summed E-state index contributed by atoms with van der Waals surface area (Å²) in [6, 6.07) is 13.3. The molecular formula is C18H19N3O2. The number of fused-ring (bicyclic) bond motifs is 1. The number of aromatic nitrogens is 2. The number of rotatable bonds is 5. The van der Waals surface area contributed by atoms with Crippen LogP contribution in [0.25, 0.3) is 5.65 Å². The predicted molar refractivity (Wildman–Crippen MR) is 88.7 cm³/mol. The van der Waals surface area contributed by atoms with Crippen LogP contribution in [0.1, 0.15) is 35.9 Å². The van der Waals surface area contributed by atoms with Crippen molar-refractivity contribution >= 4 is 11.6 Å². The van der Waals surface area contributed by atoms with Crippen LogP contribution in [-0.2, 0) is 0 Å².